The van der Waals surface area contributed by atoms with Crippen LogP contribution in [0.4, 0.5) is 0 Å². The van der Waals surface area contributed by atoms with Crippen molar-refractivity contribution >= 4 is 17.7 Å². The highest BCUT2D eigenvalue weighted by molar-refractivity contribution is 5.98. The second-order valence-corrected chi connectivity index (χ2v) is 7.50. The number of hydrogen-bond acceptors (Lipinski definition) is 7. The highest BCUT2D eigenvalue weighted by Crippen LogP contribution is 2.23. The lowest BCUT2D eigenvalue weighted by Gasteiger charge is -2.15. The highest BCUT2D eigenvalue weighted by Gasteiger charge is 2.19. The summed E-state index contributed by atoms with van der Waals surface area (Å²) >= 11 is 0. The molecule has 1 rings (SSSR count). The third-order valence-corrected chi connectivity index (χ3v) is 4.81. The van der Waals surface area contributed by atoms with Gasteiger partial charge in [0, 0.05) is 5.56 Å². The summed E-state index contributed by atoms with van der Waals surface area (Å²) in [6.45, 7) is 15.1. The molecule has 0 fully saturated rings. The molecule has 0 amide bonds. The van der Waals surface area contributed by atoms with E-state index in [9.17, 15) is 9.59 Å². The topological polar surface area (TPSA) is 80.3 Å². The maximum atomic E-state index is 12.8. The van der Waals surface area contributed by atoms with Crippen molar-refractivity contribution in [3.05, 3.63) is 67.2 Å². The molecule has 0 heterocycles. The molecule has 0 N–H and O–H groups in total. The van der Waals surface area contributed by atoms with Crippen LogP contribution in [0.15, 0.2) is 50.5 Å². The van der Waals surface area contributed by atoms with Crippen LogP contribution in [0.1, 0.15) is 78.1 Å². The van der Waals surface area contributed by atoms with Crippen LogP contribution in [0.25, 0.3) is 5.76 Å². The van der Waals surface area contributed by atoms with Crippen LogP contribution in [0, 0.1) is 0 Å². The summed E-state index contributed by atoms with van der Waals surface area (Å²) in [5.74, 6) is -0.699. The maximum absolute atomic E-state index is 12.8. The van der Waals surface area contributed by atoms with Crippen LogP contribution < -0.4 is 0 Å². The summed E-state index contributed by atoms with van der Waals surface area (Å²) in [5, 5.41) is 0. The SMILES string of the molecule is C=COCCCCOC(=C)c1ccc(C(=O)OCCCCC)cc1C(=O)OCCCCOC=C. The lowest BCUT2D eigenvalue weighted by Crippen LogP contribution is -2.13. The number of carbonyl (C=O) groups excluding carboxylic acids is 2. The number of unbranched alkanes of at least 4 members (excludes halogenated alkanes) is 4. The summed E-state index contributed by atoms with van der Waals surface area (Å²) in [6, 6.07) is 4.72. The summed E-state index contributed by atoms with van der Waals surface area (Å²) in [4.78, 5) is 25.3. The molecule has 0 spiro atoms. The third kappa shape index (κ3) is 11.6. The number of hydrogen-bond donors (Lipinski definition) is 0. The van der Waals surface area contributed by atoms with Gasteiger partial charge in [0.2, 0.25) is 0 Å². The number of esters is 2. The van der Waals surface area contributed by atoms with Crippen molar-refractivity contribution in [2.24, 2.45) is 0 Å². The molecule has 7 nitrogen and oxygen atoms in total. The molecule has 0 unspecified atom stereocenters. The molecule has 188 valence electrons. The van der Waals surface area contributed by atoms with Gasteiger partial charge in [-0.2, -0.15) is 0 Å². The molecule has 34 heavy (non-hydrogen) atoms. The Labute approximate surface area is 203 Å². The molecule has 0 aliphatic heterocycles. The summed E-state index contributed by atoms with van der Waals surface area (Å²) < 4.78 is 26.6. The van der Waals surface area contributed by atoms with Crippen molar-refractivity contribution in [1.29, 1.82) is 0 Å². The first kappa shape index (κ1) is 28.8. The molecule has 0 aliphatic rings. The van der Waals surface area contributed by atoms with E-state index in [0.29, 0.717) is 44.2 Å². The predicted molar refractivity (Wildman–Crippen MR) is 132 cm³/mol. The summed E-state index contributed by atoms with van der Waals surface area (Å²) in [7, 11) is 0. The molecule has 0 aliphatic carbocycles. The second kappa shape index (κ2) is 18.2. The largest absolute Gasteiger partial charge is 0.502 e. The fourth-order valence-electron chi connectivity index (χ4n) is 2.94. The minimum atomic E-state index is -0.551. The molecule has 0 atom stereocenters. The second-order valence-electron chi connectivity index (χ2n) is 7.50. The van der Waals surface area contributed by atoms with E-state index in [2.05, 4.69) is 26.7 Å². The average Bonchev–Trinajstić information content (AvgIpc) is 2.85. The van der Waals surface area contributed by atoms with Gasteiger partial charge in [0.15, 0.2) is 0 Å². The van der Waals surface area contributed by atoms with Gasteiger partial charge in [0.25, 0.3) is 0 Å². The van der Waals surface area contributed by atoms with Gasteiger partial charge in [-0.1, -0.05) is 39.5 Å². The first-order chi connectivity index (χ1) is 16.5. The van der Waals surface area contributed by atoms with Crippen LogP contribution in [0.3, 0.4) is 0 Å². The Hall–Kier alpha value is -3.22. The Bertz CT molecular complexity index is 785. The number of rotatable bonds is 20. The van der Waals surface area contributed by atoms with Crippen molar-refractivity contribution in [3.63, 3.8) is 0 Å². The van der Waals surface area contributed by atoms with Crippen LogP contribution in [0.2, 0.25) is 0 Å². The Morgan fingerprint density at radius 2 is 1.26 bits per heavy atom. The van der Waals surface area contributed by atoms with E-state index in [1.54, 1.807) is 12.1 Å². The van der Waals surface area contributed by atoms with Crippen LogP contribution in [-0.4, -0.2) is 45.0 Å². The van der Waals surface area contributed by atoms with Gasteiger partial charge in [-0.3, -0.25) is 0 Å². The first-order valence-electron chi connectivity index (χ1n) is 11.8. The van der Waals surface area contributed by atoms with E-state index in [1.807, 2.05) is 0 Å². The minimum Gasteiger partial charge on any atom is -0.502 e. The molecule has 7 heteroatoms. The van der Waals surface area contributed by atoms with E-state index < -0.39 is 11.9 Å². The van der Waals surface area contributed by atoms with Gasteiger partial charge in [-0.15, -0.1) is 0 Å². The van der Waals surface area contributed by atoms with Gasteiger partial charge >= 0.3 is 11.9 Å². The number of benzene rings is 1. The summed E-state index contributed by atoms with van der Waals surface area (Å²) in [5.41, 5.74) is 0.969. The van der Waals surface area contributed by atoms with Crippen molar-refractivity contribution in [2.75, 3.05) is 33.0 Å². The van der Waals surface area contributed by atoms with E-state index in [4.69, 9.17) is 23.7 Å². The molecular formula is C27H38O7. The van der Waals surface area contributed by atoms with E-state index >= 15 is 0 Å². The van der Waals surface area contributed by atoms with Crippen molar-refractivity contribution in [1.82, 2.24) is 0 Å². The van der Waals surface area contributed by atoms with Crippen LogP contribution in [-0.2, 0) is 23.7 Å². The van der Waals surface area contributed by atoms with Gasteiger partial charge in [-0.05, 0) is 50.3 Å². The smallest absolute Gasteiger partial charge is 0.338 e. The van der Waals surface area contributed by atoms with E-state index in [1.165, 1.54) is 18.6 Å². The monoisotopic (exact) mass is 474 g/mol. The first-order valence-corrected chi connectivity index (χ1v) is 11.8. The third-order valence-electron chi connectivity index (χ3n) is 4.81. The minimum absolute atomic E-state index is 0.213. The molecule has 0 saturated carbocycles. The predicted octanol–water partition coefficient (Wildman–Crippen LogP) is 6.06. The number of carbonyl (C=O) groups is 2. The van der Waals surface area contributed by atoms with Crippen LogP contribution >= 0.6 is 0 Å². The fourth-order valence-corrected chi connectivity index (χ4v) is 2.94. The Balaban J connectivity index is 2.83. The van der Waals surface area contributed by atoms with E-state index in [-0.39, 0.29) is 17.7 Å². The molecular weight excluding hydrogens is 436 g/mol. The molecule has 1 aromatic rings. The Morgan fingerprint density at radius 3 is 1.85 bits per heavy atom. The van der Waals surface area contributed by atoms with Crippen LogP contribution in [0.5, 0.6) is 0 Å². The quantitative estimate of drug-likeness (QED) is 0.129. The van der Waals surface area contributed by atoms with Gasteiger partial charge in [0.1, 0.15) is 5.76 Å². The normalized spacial score (nSPS) is 10.1. The highest BCUT2D eigenvalue weighted by atomic mass is 16.5. The van der Waals surface area contributed by atoms with Crippen molar-refractivity contribution < 1.29 is 33.3 Å². The van der Waals surface area contributed by atoms with Gasteiger partial charge < -0.3 is 23.7 Å². The average molecular weight is 475 g/mol. The molecule has 0 radical (unpaired) electrons. The Morgan fingerprint density at radius 1 is 0.735 bits per heavy atom. The molecule has 0 bridgehead atoms. The van der Waals surface area contributed by atoms with Crippen molar-refractivity contribution in [3.8, 4) is 0 Å². The standard InChI is InChI=1S/C27H38O7/c1-5-8-9-19-33-26(28)23-14-15-24(22(4)32-18-12-10-16-30-6-2)25(21-23)27(29)34-20-13-11-17-31-7-3/h6-7,14-15,21H,2-5,8-13,16-20H2,1H3. The van der Waals surface area contributed by atoms with Crippen molar-refractivity contribution in [2.45, 2.75) is 51.9 Å². The zero-order valence-corrected chi connectivity index (χ0v) is 20.4. The Kier molecular flexibility index (Phi) is 15.5. The molecule has 0 aromatic heterocycles. The lowest BCUT2D eigenvalue weighted by molar-refractivity contribution is 0.0490. The zero-order valence-electron chi connectivity index (χ0n) is 20.4. The fraction of sp³-hybridized carbons (Fsp3) is 0.481. The summed E-state index contributed by atoms with van der Waals surface area (Å²) in [6.07, 6.45) is 8.51. The molecule has 0 saturated heterocycles. The van der Waals surface area contributed by atoms with Gasteiger partial charge in [0.05, 0.1) is 56.7 Å². The molecule has 1 aromatic carbocycles. The number of ether oxygens (including phenoxy) is 5. The lowest BCUT2D eigenvalue weighted by atomic mass is 10.0. The zero-order chi connectivity index (χ0) is 25.0. The van der Waals surface area contributed by atoms with Gasteiger partial charge in [-0.25, -0.2) is 9.59 Å². The maximum Gasteiger partial charge on any atom is 0.338 e. The van der Waals surface area contributed by atoms with E-state index in [0.717, 1.165) is 38.5 Å².